The standard InChI is InChI=1S/C25H25B3N8O3/c1-39-21-16(22-29-12-15(13-30-22)36-9-2-3-10-36)5-4-6-17(21)31-18-11-19(32-23(37)14-7-8-14)34-35-20(18)24(38)33-25(26,27)28/h4-6,11-14H,2-3,7-10H2,1H3,(H,33,38)(H2,31,32,34,37). The average Bonchev–Trinajstić information content (AvgIpc) is 3.62. The molecule has 0 bridgehead atoms. The van der Waals surface area contributed by atoms with Crippen LogP contribution in [0.2, 0.25) is 0 Å². The molecule has 1 saturated carbocycles. The second-order valence-corrected chi connectivity index (χ2v) is 9.61. The lowest BCUT2D eigenvalue weighted by atomic mass is 9.49. The number of carbonyl (C=O) groups is 2. The average molecular weight is 518 g/mol. The summed E-state index contributed by atoms with van der Waals surface area (Å²) in [6.45, 7) is 1.98. The van der Waals surface area contributed by atoms with E-state index in [4.69, 9.17) is 28.3 Å². The Labute approximate surface area is 230 Å². The summed E-state index contributed by atoms with van der Waals surface area (Å²) < 4.78 is 5.73. The summed E-state index contributed by atoms with van der Waals surface area (Å²) in [4.78, 5) is 36.6. The number of amides is 2. The number of benzene rings is 1. The molecule has 0 unspecified atom stereocenters. The van der Waals surface area contributed by atoms with E-state index in [1.165, 1.54) is 13.2 Å². The molecular formula is C25H25B3N8O3. The summed E-state index contributed by atoms with van der Waals surface area (Å²) in [6.07, 6.45) is 7.55. The van der Waals surface area contributed by atoms with Gasteiger partial charge in [-0.1, -0.05) is 11.3 Å². The molecule has 3 N–H and O–H groups in total. The number of anilines is 4. The first kappa shape index (κ1) is 26.5. The predicted octanol–water partition coefficient (Wildman–Crippen LogP) is 1.48. The number of rotatable bonds is 9. The van der Waals surface area contributed by atoms with Crippen molar-refractivity contribution in [2.75, 3.05) is 35.7 Å². The first-order valence-corrected chi connectivity index (χ1v) is 12.6. The first-order chi connectivity index (χ1) is 18.7. The van der Waals surface area contributed by atoms with Gasteiger partial charge in [0.05, 0.1) is 65.7 Å². The van der Waals surface area contributed by atoms with Crippen molar-refractivity contribution in [1.82, 2.24) is 25.5 Å². The number of ether oxygens (including phenoxy) is 1. The number of hydrogen-bond donors (Lipinski definition) is 3. The van der Waals surface area contributed by atoms with E-state index in [2.05, 4.69) is 41.0 Å². The van der Waals surface area contributed by atoms with Crippen LogP contribution in [0.4, 0.5) is 22.9 Å². The Kier molecular flexibility index (Phi) is 7.45. The zero-order valence-electron chi connectivity index (χ0n) is 21.5. The van der Waals surface area contributed by atoms with Crippen molar-refractivity contribution in [2.45, 2.75) is 30.9 Å². The molecule has 39 heavy (non-hydrogen) atoms. The monoisotopic (exact) mass is 518 g/mol. The fourth-order valence-corrected chi connectivity index (χ4v) is 4.32. The Bertz CT molecular complexity index is 1370. The van der Waals surface area contributed by atoms with E-state index in [9.17, 15) is 9.59 Å². The minimum atomic E-state index is -1.98. The number of methoxy groups -OCH3 is 1. The summed E-state index contributed by atoms with van der Waals surface area (Å²) in [7, 11) is 18.2. The lowest BCUT2D eigenvalue weighted by molar-refractivity contribution is -0.117. The summed E-state index contributed by atoms with van der Waals surface area (Å²) in [6, 6.07) is 6.87. The highest BCUT2D eigenvalue weighted by molar-refractivity contribution is 6.60. The number of para-hydroxylation sites is 1. The van der Waals surface area contributed by atoms with Crippen LogP contribution in [-0.4, -0.2) is 81.0 Å². The Hall–Kier alpha value is -4.09. The molecule has 5 rings (SSSR count). The maximum atomic E-state index is 12.9. The van der Waals surface area contributed by atoms with Crippen molar-refractivity contribution >= 4 is 58.2 Å². The molecule has 2 aromatic heterocycles. The van der Waals surface area contributed by atoms with E-state index >= 15 is 0 Å². The van der Waals surface area contributed by atoms with E-state index < -0.39 is 11.1 Å². The SMILES string of the molecule is [B]C([B])([B])NC(=O)c1nnc(NC(=O)C2CC2)cc1Nc1cccc(-c2ncc(N3CCCC3)cn2)c1OC. The fourth-order valence-electron chi connectivity index (χ4n) is 4.32. The lowest BCUT2D eigenvalue weighted by Crippen LogP contribution is -2.50. The molecule has 1 saturated heterocycles. The predicted molar refractivity (Wildman–Crippen MR) is 150 cm³/mol. The van der Waals surface area contributed by atoms with Crippen LogP contribution in [0.1, 0.15) is 36.2 Å². The van der Waals surface area contributed by atoms with Gasteiger partial charge in [0.25, 0.3) is 5.91 Å². The Morgan fingerprint density at radius 2 is 1.77 bits per heavy atom. The van der Waals surface area contributed by atoms with Gasteiger partial charge in [-0.25, -0.2) is 9.97 Å². The van der Waals surface area contributed by atoms with E-state index in [0.717, 1.165) is 44.5 Å². The summed E-state index contributed by atoms with van der Waals surface area (Å²) in [5.41, 5.74) is 2.15. The van der Waals surface area contributed by atoms with Crippen LogP contribution in [-0.2, 0) is 4.79 Å². The van der Waals surface area contributed by atoms with Crippen LogP contribution in [0, 0.1) is 5.92 Å². The highest BCUT2D eigenvalue weighted by atomic mass is 16.5. The number of carbonyl (C=O) groups excluding carboxylic acids is 2. The fraction of sp³-hybridized carbons (Fsp3) is 0.360. The van der Waals surface area contributed by atoms with Crippen molar-refractivity contribution in [3.05, 3.63) is 42.4 Å². The Morgan fingerprint density at radius 3 is 2.41 bits per heavy atom. The van der Waals surface area contributed by atoms with Gasteiger partial charge >= 0.3 is 0 Å². The molecule has 1 aromatic carbocycles. The van der Waals surface area contributed by atoms with Crippen LogP contribution in [0.15, 0.2) is 36.7 Å². The topological polar surface area (TPSA) is 134 Å². The van der Waals surface area contributed by atoms with Crippen molar-refractivity contribution in [3.63, 3.8) is 0 Å². The molecule has 14 heteroatoms. The largest absolute Gasteiger partial charge is 0.494 e. The molecule has 3 aromatic rings. The van der Waals surface area contributed by atoms with Crippen LogP contribution < -0.4 is 25.6 Å². The van der Waals surface area contributed by atoms with Gasteiger partial charge in [-0.15, -0.1) is 10.2 Å². The van der Waals surface area contributed by atoms with Crippen molar-refractivity contribution in [2.24, 2.45) is 5.92 Å². The number of hydrogen-bond acceptors (Lipinski definition) is 9. The third-order valence-corrected chi connectivity index (χ3v) is 6.38. The highest BCUT2D eigenvalue weighted by Gasteiger charge is 2.30. The number of nitrogens with zero attached hydrogens (tertiary/aromatic N) is 5. The number of aromatic nitrogens is 4. The second kappa shape index (κ2) is 11.0. The van der Waals surface area contributed by atoms with Gasteiger partial charge in [0.2, 0.25) is 5.91 Å². The maximum Gasteiger partial charge on any atom is 0.272 e. The molecule has 11 nitrogen and oxygen atoms in total. The molecular weight excluding hydrogens is 493 g/mol. The van der Waals surface area contributed by atoms with Gasteiger partial charge in [0, 0.05) is 25.1 Å². The van der Waals surface area contributed by atoms with Crippen LogP contribution >= 0.6 is 0 Å². The van der Waals surface area contributed by atoms with Gasteiger partial charge in [0.1, 0.15) is 0 Å². The molecule has 2 fully saturated rings. The van der Waals surface area contributed by atoms with Crippen molar-refractivity contribution in [1.29, 1.82) is 0 Å². The van der Waals surface area contributed by atoms with E-state index in [1.807, 2.05) is 6.07 Å². The van der Waals surface area contributed by atoms with E-state index in [0.29, 0.717) is 22.8 Å². The molecule has 6 radical (unpaired) electrons. The Balaban J connectivity index is 1.47. The summed E-state index contributed by atoms with van der Waals surface area (Å²) >= 11 is 0. The van der Waals surface area contributed by atoms with Crippen LogP contribution in [0.5, 0.6) is 5.75 Å². The van der Waals surface area contributed by atoms with Gasteiger partial charge in [-0.05, 0) is 37.8 Å². The third-order valence-electron chi connectivity index (χ3n) is 6.38. The Morgan fingerprint density at radius 1 is 1.05 bits per heavy atom. The van der Waals surface area contributed by atoms with Crippen LogP contribution in [0.25, 0.3) is 11.4 Å². The molecule has 2 amide bonds. The zero-order valence-corrected chi connectivity index (χ0v) is 21.5. The first-order valence-electron chi connectivity index (χ1n) is 12.6. The summed E-state index contributed by atoms with van der Waals surface area (Å²) in [5, 5.41) is 14.1. The molecule has 1 aliphatic heterocycles. The molecule has 0 atom stereocenters. The lowest BCUT2D eigenvalue weighted by Gasteiger charge is -2.23. The minimum Gasteiger partial charge on any atom is -0.494 e. The third kappa shape index (κ3) is 6.32. The normalized spacial score (nSPS) is 15.1. The van der Waals surface area contributed by atoms with Crippen molar-refractivity contribution in [3.8, 4) is 17.1 Å². The van der Waals surface area contributed by atoms with Crippen LogP contribution in [0.3, 0.4) is 0 Å². The number of nitrogens with one attached hydrogen (secondary N) is 3. The molecule has 0 spiro atoms. The van der Waals surface area contributed by atoms with Gasteiger partial charge in [-0.2, -0.15) is 0 Å². The van der Waals surface area contributed by atoms with Crippen molar-refractivity contribution < 1.29 is 14.3 Å². The zero-order chi connectivity index (χ0) is 27.6. The highest BCUT2D eigenvalue weighted by Crippen LogP contribution is 2.37. The molecule has 2 aliphatic rings. The summed E-state index contributed by atoms with van der Waals surface area (Å²) in [5.74, 6) is 0.0957. The molecule has 192 valence electrons. The van der Waals surface area contributed by atoms with Gasteiger partial charge in [0.15, 0.2) is 23.1 Å². The van der Waals surface area contributed by atoms with E-state index in [-0.39, 0.29) is 29.0 Å². The van der Waals surface area contributed by atoms with Gasteiger partial charge in [-0.3, -0.25) is 9.59 Å². The molecule has 1 aliphatic carbocycles. The minimum absolute atomic E-state index is 0.0489. The second-order valence-electron chi connectivity index (χ2n) is 9.61. The van der Waals surface area contributed by atoms with Gasteiger partial charge < -0.3 is 25.6 Å². The quantitative estimate of drug-likeness (QED) is 0.361. The van der Waals surface area contributed by atoms with E-state index in [1.54, 1.807) is 24.5 Å². The maximum absolute atomic E-state index is 12.9. The molecule has 3 heterocycles. The smallest absolute Gasteiger partial charge is 0.272 e.